The van der Waals surface area contributed by atoms with Crippen LogP contribution in [0, 0.1) is 5.92 Å². The first-order valence-electron chi connectivity index (χ1n) is 8.37. The zero-order valence-corrected chi connectivity index (χ0v) is 13.9. The third kappa shape index (κ3) is 5.43. The number of benzene rings is 1. The topological polar surface area (TPSA) is 35.6 Å². The first kappa shape index (κ1) is 17.0. The number of carbonyl (C=O) groups is 1. The van der Waals surface area contributed by atoms with Crippen LogP contribution in [0.2, 0.25) is 0 Å². The van der Waals surface area contributed by atoms with Crippen molar-refractivity contribution in [1.82, 2.24) is 10.2 Å². The fraction of sp³-hybridized carbons (Fsp3) is 0.611. The number of piperidine rings is 1. The molecule has 1 heterocycles. The Hall–Kier alpha value is -1.39. The number of amides is 1. The number of carbonyl (C=O) groups excluding carboxylic acids is 1. The van der Waals surface area contributed by atoms with Crippen molar-refractivity contribution >= 4 is 11.6 Å². The highest BCUT2D eigenvalue weighted by Crippen LogP contribution is 2.20. The van der Waals surface area contributed by atoms with Crippen molar-refractivity contribution in [3.05, 3.63) is 30.3 Å². The summed E-state index contributed by atoms with van der Waals surface area (Å²) in [6.45, 7) is 3.83. The highest BCUT2D eigenvalue weighted by atomic mass is 16.2. The number of nitrogens with zero attached hydrogens (tertiary/aromatic N) is 2. The summed E-state index contributed by atoms with van der Waals surface area (Å²) in [6, 6.07) is 10.0. The lowest BCUT2D eigenvalue weighted by atomic mass is 9.93. The molecule has 122 valence electrons. The van der Waals surface area contributed by atoms with Crippen LogP contribution in [-0.2, 0) is 4.79 Å². The molecule has 0 spiro atoms. The molecule has 1 N–H and O–H groups in total. The molecule has 4 heteroatoms. The van der Waals surface area contributed by atoms with Gasteiger partial charge in [0.1, 0.15) is 0 Å². The van der Waals surface area contributed by atoms with Crippen LogP contribution >= 0.6 is 0 Å². The highest BCUT2D eigenvalue weighted by molar-refractivity contribution is 5.93. The number of anilines is 1. The summed E-state index contributed by atoms with van der Waals surface area (Å²) in [5, 5.41) is 3.38. The molecule has 0 radical (unpaired) electrons. The molecular formula is C18H29N3O. The van der Waals surface area contributed by atoms with Crippen molar-refractivity contribution in [2.24, 2.45) is 5.92 Å². The van der Waals surface area contributed by atoms with Crippen molar-refractivity contribution in [3.63, 3.8) is 0 Å². The third-order valence-electron chi connectivity index (χ3n) is 4.36. The van der Waals surface area contributed by atoms with Gasteiger partial charge in [-0.3, -0.25) is 4.79 Å². The van der Waals surface area contributed by atoms with E-state index in [1.54, 1.807) is 0 Å². The van der Waals surface area contributed by atoms with Gasteiger partial charge in [-0.2, -0.15) is 0 Å². The van der Waals surface area contributed by atoms with Gasteiger partial charge in [0.05, 0.1) is 0 Å². The Kier molecular flexibility index (Phi) is 6.87. The number of hydrogen-bond donors (Lipinski definition) is 1. The van der Waals surface area contributed by atoms with E-state index in [4.69, 9.17) is 0 Å². The Morgan fingerprint density at radius 1 is 1.14 bits per heavy atom. The van der Waals surface area contributed by atoms with Crippen LogP contribution in [0.4, 0.5) is 5.69 Å². The number of para-hydroxylation sites is 1. The van der Waals surface area contributed by atoms with Crippen LogP contribution in [0.5, 0.6) is 0 Å². The van der Waals surface area contributed by atoms with Crippen molar-refractivity contribution in [2.75, 3.05) is 45.2 Å². The summed E-state index contributed by atoms with van der Waals surface area (Å²) in [5.74, 6) is 0.961. The summed E-state index contributed by atoms with van der Waals surface area (Å²) in [5.41, 5.74) is 1.01. The van der Waals surface area contributed by atoms with Gasteiger partial charge in [0.15, 0.2) is 0 Å². The average Bonchev–Trinajstić information content (AvgIpc) is 2.55. The minimum Gasteiger partial charge on any atom is -0.317 e. The fourth-order valence-corrected chi connectivity index (χ4v) is 2.94. The minimum atomic E-state index is 0.256. The predicted molar refractivity (Wildman–Crippen MR) is 92.2 cm³/mol. The zero-order chi connectivity index (χ0) is 15.8. The molecule has 1 aromatic carbocycles. The van der Waals surface area contributed by atoms with Gasteiger partial charge in [-0.25, -0.2) is 0 Å². The van der Waals surface area contributed by atoms with Gasteiger partial charge in [-0.1, -0.05) is 18.2 Å². The minimum absolute atomic E-state index is 0.256. The van der Waals surface area contributed by atoms with Crippen LogP contribution in [-0.4, -0.2) is 51.1 Å². The normalized spacial score (nSPS) is 16.0. The number of rotatable bonds is 7. The second kappa shape index (κ2) is 8.91. The van der Waals surface area contributed by atoms with E-state index in [9.17, 15) is 4.79 Å². The molecule has 0 aromatic heterocycles. The van der Waals surface area contributed by atoms with Crippen LogP contribution < -0.4 is 10.2 Å². The van der Waals surface area contributed by atoms with Crippen molar-refractivity contribution in [2.45, 2.75) is 25.7 Å². The maximum atomic E-state index is 12.7. The average molecular weight is 303 g/mol. The van der Waals surface area contributed by atoms with E-state index >= 15 is 0 Å². The molecule has 0 saturated carbocycles. The second-order valence-electron chi connectivity index (χ2n) is 6.42. The van der Waals surface area contributed by atoms with E-state index in [0.717, 1.165) is 38.3 Å². The van der Waals surface area contributed by atoms with Crippen LogP contribution in [0.3, 0.4) is 0 Å². The van der Waals surface area contributed by atoms with E-state index in [-0.39, 0.29) is 5.91 Å². The molecule has 0 aliphatic carbocycles. The van der Waals surface area contributed by atoms with Gasteiger partial charge in [0.25, 0.3) is 0 Å². The van der Waals surface area contributed by atoms with Crippen molar-refractivity contribution < 1.29 is 4.79 Å². The molecule has 4 nitrogen and oxygen atoms in total. The first-order valence-corrected chi connectivity index (χ1v) is 8.37. The molecule has 1 aliphatic heterocycles. The van der Waals surface area contributed by atoms with Crippen LogP contribution in [0.15, 0.2) is 30.3 Å². The summed E-state index contributed by atoms with van der Waals surface area (Å²) in [6.07, 6.45) is 4.09. The molecular weight excluding hydrogens is 274 g/mol. The van der Waals surface area contributed by atoms with Crippen molar-refractivity contribution in [1.29, 1.82) is 0 Å². The molecule has 1 aliphatic rings. The number of nitrogens with one attached hydrogen (secondary N) is 1. The Balaban J connectivity index is 1.92. The van der Waals surface area contributed by atoms with E-state index in [2.05, 4.69) is 10.2 Å². The zero-order valence-electron chi connectivity index (χ0n) is 13.9. The third-order valence-corrected chi connectivity index (χ3v) is 4.36. The van der Waals surface area contributed by atoms with Gasteiger partial charge in [0, 0.05) is 25.2 Å². The fourth-order valence-electron chi connectivity index (χ4n) is 2.94. The number of hydrogen-bond acceptors (Lipinski definition) is 3. The monoisotopic (exact) mass is 303 g/mol. The van der Waals surface area contributed by atoms with Gasteiger partial charge < -0.3 is 15.1 Å². The first-order chi connectivity index (χ1) is 10.7. The molecule has 2 rings (SSSR count). The standard InChI is InChI=1S/C18H29N3O/c1-20(2)14-15-21(17-6-4-3-5-7-17)18(22)9-8-16-10-12-19-13-11-16/h3-7,16,19H,8-15H2,1-2H3. The summed E-state index contributed by atoms with van der Waals surface area (Å²) >= 11 is 0. The maximum absolute atomic E-state index is 12.7. The van der Waals surface area contributed by atoms with Gasteiger partial charge in [0.2, 0.25) is 5.91 Å². The van der Waals surface area contributed by atoms with Gasteiger partial charge >= 0.3 is 0 Å². The molecule has 0 atom stereocenters. The lowest BCUT2D eigenvalue weighted by Crippen LogP contribution is -2.37. The van der Waals surface area contributed by atoms with E-state index in [1.807, 2.05) is 49.3 Å². The smallest absolute Gasteiger partial charge is 0.227 e. The Morgan fingerprint density at radius 3 is 2.45 bits per heavy atom. The van der Waals surface area contributed by atoms with Gasteiger partial charge in [-0.15, -0.1) is 0 Å². The second-order valence-corrected chi connectivity index (χ2v) is 6.42. The largest absolute Gasteiger partial charge is 0.317 e. The SMILES string of the molecule is CN(C)CCN(C(=O)CCC1CCNCC1)c1ccccc1. The summed E-state index contributed by atoms with van der Waals surface area (Å²) in [7, 11) is 4.09. The van der Waals surface area contributed by atoms with E-state index < -0.39 is 0 Å². The van der Waals surface area contributed by atoms with Gasteiger partial charge in [-0.05, 0) is 64.5 Å². The van der Waals surface area contributed by atoms with Crippen LogP contribution in [0.1, 0.15) is 25.7 Å². The molecule has 0 unspecified atom stereocenters. The molecule has 1 fully saturated rings. The quantitative estimate of drug-likeness (QED) is 0.840. The summed E-state index contributed by atoms with van der Waals surface area (Å²) in [4.78, 5) is 16.8. The Bertz CT molecular complexity index is 441. The molecule has 1 saturated heterocycles. The molecule has 0 bridgehead atoms. The lowest BCUT2D eigenvalue weighted by Gasteiger charge is -2.27. The van der Waals surface area contributed by atoms with Crippen LogP contribution in [0.25, 0.3) is 0 Å². The molecule has 1 amide bonds. The predicted octanol–water partition coefficient (Wildman–Crippen LogP) is 2.36. The van der Waals surface area contributed by atoms with E-state index in [0.29, 0.717) is 12.3 Å². The summed E-state index contributed by atoms with van der Waals surface area (Å²) < 4.78 is 0. The van der Waals surface area contributed by atoms with Crippen molar-refractivity contribution in [3.8, 4) is 0 Å². The Labute approximate surface area is 134 Å². The number of likely N-dealkylation sites (N-methyl/N-ethyl adjacent to an activating group) is 1. The highest BCUT2D eigenvalue weighted by Gasteiger charge is 2.19. The molecule has 22 heavy (non-hydrogen) atoms. The Morgan fingerprint density at radius 2 is 1.82 bits per heavy atom. The lowest BCUT2D eigenvalue weighted by molar-refractivity contribution is -0.119. The molecule has 1 aromatic rings. The van der Waals surface area contributed by atoms with E-state index in [1.165, 1.54) is 12.8 Å². The maximum Gasteiger partial charge on any atom is 0.227 e.